The van der Waals surface area contributed by atoms with Gasteiger partial charge >= 0.3 is 0 Å². The molecule has 31 heavy (non-hydrogen) atoms. The van der Waals surface area contributed by atoms with Gasteiger partial charge in [0.05, 0.1) is 18.0 Å². The predicted octanol–water partition coefficient (Wildman–Crippen LogP) is 4.78. The number of fused-ring (bicyclic) bond motifs is 1. The molecule has 1 amide bonds. The van der Waals surface area contributed by atoms with Gasteiger partial charge in [-0.05, 0) is 34.9 Å². The van der Waals surface area contributed by atoms with Crippen LogP contribution in [0.5, 0.6) is 0 Å². The molecule has 0 saturated heterocycles. The molecule has 0 fully saturated rings. The number of carbonyl (C=O) groups is 1. The summed E-state index contributed by atoms with van der Waals surface area (Å²) in [4.78, 5) is 12.8. The van der Waals surface area contributed by atoms with Crippen molar-refractivity contribution >= 4 is 32.4 Å². The van der Waals surface area contributed by atoms with Crippen LogP contribution in [-0.4, -0.2) is 27.1 Å². The van der Waals surface area contributed by atoms with Crippen LogP contribution >= 0.6 is 0 Å². The van der Waals surface area contributed by atoms with E-state index in [1.165, 1.54) is 9.87 Å². The number of carbonyl (C=O) groups excluding carboxylic acids is 1. The molecule has 6 heteroatoms. The molecule has 0 bridgehead atoms. The van der Waals surface area contributed by atoms with Crippen molar-refractivity contribution < 1.29 is 13.2 Å². The number of rotatable bonds is 6. The Kier molecular flexibility index (Phi) is 6.41. The Bertz CT molecular complexity index is 1170. The minimum Gasteiger partial charge on any atom is -0.348 e. The van der Waals surface area contributed by atoms with Gasteiger partial charge < -0.3 is 5.32 Å². The largest absolute Gasteiger partial charge is 0.348 e. The molecule has 0 radical (unpaired) electrons. The third-order valence-corrected chi connectivity index (χ3v) is 6.50. The molecule has 0 unspecified atom stereocenters. The fraction of sp³-hybridized carbons (Fsp3) is 0.320. The topological polar surface area (TPSA) is 66.5 Å². The highest BCUT2D eigenvalue weighted by Crippen LogP contribution is 2.28. The Morgan fingerprint density at radius 2 is 1.58 bits per heavy atom. The van der Waals surface area contributed by atoms with Crippen LogP contribution in [0.15, 0.2) is 66.7 Å². The van der Waals surface area contributed by atoms with Crippen LogP contribution in [0.3, 0.4) is 0 Å². The van der Waals surface area contributed by atoms with Crippen molar-refractivity contribution in [2.45, 2.75) is 39.2 Å². The molecule has 0 aliphatic heterocycles. The van der Waals surface area contributed by atoms with Gasteiger partial charge in [0.15, 0.2) is 0 Å². The van der Waals surface area contributed by atoms with Crippen molar-refractivity contribution in [1.29, 1.82) is 0 Å². The standard InChI is InChI=1S/C25H30N2O3S/c1-18(19-13-15-21(16-14-19)25(2,3)4)26-24(28)17-27(31(5,29)30)23-12-8-10-20-9-6-7-11-22(20)23/h6-16,18H,17H2,1-5H3,(H,26,28)/t18-/m0/s1. The molecule has 0 saturated carbocycles. The van der Waals surface area contributed by atoms with Crippen molar-refractivity contribution in [2.24, 2.45) is 0 Å². The van der Waals surface area contributed by atoms with Gasteiger partial charge in [-0.3, -0.25) is 9.10 Å². The second-order valence-electron chi connectivity index (χ2n) is 8.93. The van der Waals surface area contributed by atoms with Crippen LogP contribution in [0, 0.1) is 0 Å². The molecule has 1 N–H and O–H groups in total. The lowest BCUT2D eigenvalue weighted by atomic mass is 9.86. The lowest BCUT2D eigenvalue weighted by Crippen LogP contribution is -2.41. The van der Waals surface area contributed by atoms with E-state index in [0.29, 0.717) is 5.69 Å². The van der Waals surface area contributed by atoms with Crippen LogP contribution in [-0.2, 0) is 20.2 Å². The first-order valence-corrected chi connectivity index (χ1v) is 12.2. The number of nitrogens with one attached hydrogen (secondary N) is 1. The zero-order chi connectivity index (χ0) is 22.8. The van der Waals surface area contributed by atoms with E-state index >= 15 is 0 Å². The maximum Gasteiger partial charge on any atom is 0.241 e. The molecular formula is C25H30N2O3S. The number of anilines is 1. The summed E-state index contributed by atoms with van der Waals surface area (Å²) in [5.74, 6) is -0.356. The number of hydrogen-bond acceptors (Lipinski definition) is 3. The number of nitrogens with zero attached hydrogens (tertiary/aromatic N) is 1. The van der Waals surface area contributed by atoms with E-state index in [9.17, 15) is 13.2 Å². The van der Waals surface area contributed by atoms with Gasteiger partial charge in [0.25, 0.3) is 0 Å². The highest BCUT2D eigenvalue weighted by molar-refractivity contribution is 7.92. The first-order valence-electron chi connectivity index (χ1n) is 10.3. The molecule has 0 aliphatic carbocycles. The summed E-state index contributed by atoms with van der Waals surface area (Å²) in [5, 5.41) is 4.63. The van der Waals surface area contributed by atoms with Crippen LogP contribution in [0.25, 0.3) is 10.8 Å². The van der Waals surface area contributed by atoms with E-state index < -0.39 is 10.0 Å². The Morgan fingerprint density at radius 1 is 0.968 bits per heavy atom. The Hall–Kier alpha value is -2.86. The van der Waals surface area contributed by atoms with Gasteiger partial charge in [0.2, 0.25) is 15.9 Å². The highest BCUT2D eigenvalue weighted by atomic mass is 32.2. The van der Waals surface area contributed by atoms with E-state index in [2.05, 4.69) is 38.2 Å². The van der Waals surface area contributed by atoms with Gasteiger partial charge in [0, 0.05) is 5.39 Å². The minimum atomic E-state index is -3.65. The van der Waals surface area contributed by atoms with Gasteiger partial charge in [-0.2, -0.15) is 0 Å². The molecule has 0 heterocycles. The smallest absolute Gasteiger partial charge is 0.241 e. The van der Waals surface area contributed by atoms with Gasteiger partial charge in [-0.15, -0.1) is 0 Å². The molecule has 0 aromatic heterocycles. The maximum absolute atomic E-state index is 12.8. The van der Waals surface area contributed by atoms with Gasteiger partial charge in [-0.1, -0.05) is 81.4 Å². The molecule has 5 nitrogen and oxygen atoms in total. The molecule has 3 rings (SSSR count). The highest BCUT2D eigenvalue weighted by Gasteiger charge is 2.23. The van der Waals surface area contributed by atoms with Crippen LogP contribution in [0.4, 0.5) is 5.69 Å². The first-order chi connectivity index (χ1) is 14.5. The predicted molar refractivity (Wildman–Crippen MR) is 128 cm³/mol. The second kappa shape index (κ2) is 8.71. The van der Waals surface area contributed by atoms with Crippen LogP contribution < -0.4 is 9.62 Å². The van der Waals surface area contributed by atoms with E-state index in [0.717, 1.165) is 22.6 Å². The Balaban J connectivity index is 1.80. The van der Waals surface area contributed by atoms with Crippen molar-refractivity contribution in [1.82, 2.24) is 5.32 Å². The number of hydrogen-bond donors (Lipinski definition) is 1. The summed E-state index contributed by atoms with van der Waals surface area (Å²) in [6.45, 7) is 8.07. The quantitative estimate of drug-likeness (QED) is 0.602. The molecule has 3 aromatic rings. The third kappa shape index (κ3) is 5.44. The Morgan fingerprint density at radius 3 is 2.19 bits per heavy atom. The lowest BCUT2D eigenvalue weighted by molar-refractivity contribution is -0.120. The maximum atomic E-state index is 12.8. The third-order valence-electron chi connectivity index (χ3n) is 5.38. The van der Waals surface area contributed by atoms with Gasteiger partial charge in [-0.25, -0.2) is 8.42 Å². The second-order valence-corrected chi connectivity index (χ2v) is 10.8. The SMILES string of the molecule is C[C@H](NC(=O)CN(c1cccc2ccccc12)S(C)(=O)=O)c1ccc(C(C)(C)C)cc1. The molecule has 3 aromatic carbocycles. The van der Waals surface area contributed by atoms with E-state index in [4.69, 9.17) is 0 Å². The zero-order valence-corrected chi connectivity index (χ0v) is 19.5. The first kappa shape index (κ1) is 22.8. The van der Waals surface area contributed by atoms with Crippen LogP contribution in [0.1, 0.15) is 44.9 Å². The van der Waals surface area contributed by atoms with E-state index in [1.807, 2.05) is 49.4 Å². The fourth-order valence-electron chi connectivity index (χ4n) is 3.58. The molecule has 1 atom stereocenters. The fourth-order valence-corrected chi connectivity index (χ4v) is 4.45. The zero-order valence-electron chi connectivity index (χ0n) is 18.7. The lowest BCUT2D eigenvalue weighted by Gasteiger charge is -2.25. The van der Waals surface area contributed by atoms with E-state index in [1.54, 1.807) is 12.1 Å². The van der Waals surface area contributed by atoms with Crippen molar-refractivity contribution in [3.05, 3.63) is 77.9 Å². The average Bonchev–Trinajstić information content (AvgIpc) is 2.70. The summed E-state index contributed by atoms with van der Waals surface area (Å²) < 4.78 is 26.3. The van der Waals surface area contributed by atoms with E-state index in [-0.39, 0.29) is 23.9 Å². The van der Waals surface area contributed by atoms with Crippen molar-refractivity contribution in [3.63, 3.8) is 0 Å². The summed E-state index contributed by atoms with van der Waals surface area (Å²) in [6, 6.07) is 20.9. The monoisotopic (exact) mass is 438 g/mol. The molecule has 0 aliphatic rings. The normalized spacial score (nSPS) is 13.1. The molecule has 164 valence electrons. The number of sulfonamides is 1. The van der Waals surface area contributed by atoms with Crippen molar-refractivity contribution in [3.8, 4) is 0 Å². The minimum absolute atomic E-state index is 0.0550. The molecular weight excluding hydrogens is 408 g/mol. The summed E-state index contributed by atoms with van der Waals surface area (Å²) in [5.41, 5.74) is 2.74. The summed E-state index contributed by atoms with van der Waals surface area (Å²) in [6.07, 6.45) is 1.12. The number of amides is 1. The van der Waals surface area contributed by atoms with Crippen molar-refractivity contribution in [2.75, 3.05) is 17.1 Å². The average molecular weight is 439 g/mol. The summed E-state index contributed by atoms with van der Waals surface area (Å²) >= 11 is 0. The number of benzene rings is 3. The van der Waals surface area contributed by atoms with Gasteiger partial charge in [0.1, 0.15) is 6.54 Å². The van der Waals surface area contributed by atoms with Crippen LogP contribution in [0.2, 0.25) is 0 Å². The molecule has 0 spiro atoms. The summed E-state index contributed by atoms with van der Waals surface area (Å²) in [7, 11) is -3.65. The Labute approximate surface area is 185 Å².